The van der Waals surface area contributed by atoms with E-state index in [1.165, 1.54) is 14.2 Å². The Labute approximate surface area is 163 Å². The molecule has 1 aliphatic carbocycles. The van der Waals surface area contributed by atoms with Crippen LogP contribution in [0.25, 0.3) is 0 Å². The quantitative estimate of drug-likeness (QED) is 0.613. The maximum atomic E-state index is 12.7. The van der Waals surface area contributed by atoms with E-state index in [4.69, 9.17) is 23.7 Å². The zero-order valence-electron chi connectivity index (χ0n) is 16.1. The third-order valence-electron chi connectivity index (χ3n) is 6.32. The van der Waals surface area contributed by atoms with E-state index in [9.17, 15) is 9.90 Å². The summed E-state index contributed by atoms with van der Waals surface area (Å²) >= 11 is 0. The molecule has 0 saturated heterocycles. The van der Waals surface area contributed by atoms with E-state index in [-0.39, 0.29) is 18.5 Å². The lowest BCUT2D eigenvalue weighted by atomic mass is 9.71. The highest BCUT2D eigenvalue weighted by Gasteiger charge is 2.70. The number of benzene rings is 1. The van der Waals surface area contributed by atoms with Crippen LogP contribution in [-0.2, 0) is 19.0 Å². The lowest BCUT2D eigenvalue weighted by Crippen LogP contribution is -2.50. The number of hydrogen-bond acceptors (Lipinski definition) is 7. The Bertz CT molecular complexity index is 847. The standard InChI is InChI=1S/C21H24O7/c1-5-8-20-10-16(24-3)18(22)28-21(25-4,19(20)23)17(12(20)2)13-6-7-14-15(9-13)27-11-26-14/h5-7,9-10,12,17,19,23H,1,8,11H2,2-4H3/t12-,17+,19?,20?,21?/m1/s1. The first kappa shape index (κ1) is 18.8. The largest absolute Gasteiger partial charge is 0.490 e. The summed E-state index contributed by atoms with van der Waals surface area (Å²) in [5, 5.41) is 11.4. The summed E-state index contributed by atoms with van der Waals surface area (Å²) < 4.78 is 27.7. The summed E-state index contributed by atoms with van der Waals surface area (Å²) in [5.74, 6) is -1.55. The van der Waals surface area contributed by atoms with E-state index in [2.05, 4.69) is 6.58 Å². The smallest absolute Gasteiger partial charge is 0.375 e. The Hall–Kier alpha value is -2.51. The predicted molar refractivity (Wildman–Crippen MR) is 98.6 cm³/mol. The molecule has 1 saturated carbocycles. The molecule has 1 aromatic carbocycles. The highest BCUT2D eigenvalue weighted by Crippen LogP contribution is 2.62. The maximum Gasteiger partial charge on any atom is 0.375 e. The molecule has 1 N–H and O–H groups in total. The Morgan fingerprint density at radius 2 is 2.07 bits per heavy atom. The molecule has 1 aromatic rings. The first-order chi connectivity index (χ1) is 13.4. The molecule has 7 nitrogen and oxygen atoms in total. The second-order valence-corrected chi connectivity index (χ2v) is 7.41. The second-order valence-electron chi connectivity index (χ2n) is 7.41. The molecule has 0 amide bonds. The number of hydrogen-bond donors (Lipinski definition) is 1. The van der Waals surface area contributed by atoms with Crippen molar-refractivity contribution >= 4 is 5.97 Å². The Kier molecular flexibility index (Phi) is 4.39. The van der Waals surface area contributed by atoms with Gasteiger partial charge in [0.15, 0.2) is 11.5 Å². The molecule has 28 heavy (non-hydrogen) atoms. The van der Waals surface area contributed by atoms with Crippen LogP contribution in [-0.4, -0.2) is 44.0 Å². The molecular formula is C21H24O7. The van der Waals surface area contributed by atoms with E-state index in [1.54, 1.807) is 12.2 Å². The van der Waals surface area contributed by atoms with Gasteiger partial charge in [0.1, 0.15) is 6.10 Å². The van der Waals surface area contributed by atoms with Gasteiger partial charge in [-0.15, -0.1) is 6.58 Å². The first-order valence-electron chi connectivity index (χ1n) is 9.17. The third kappa shape index (κ3) is 2.32. The second kappa shape index (κ2) is 6.53. The fraction of sp³-hybridized carbons (Fsp3) is 0.476. The van der Waals surface area contributed by atoms with Crippen LogP contribution in [0.15, 0.2) is 42.7 Å². The van der Waals surface area contributed by atoms with Crippen LogP contribution in [0.1, 0.15) is 24.8 Å². The van der Waals surface area contributed by atoms with Crippen molar-refractivity contribution in [3.8, 4) is 11.5 Å². The van der Waals surface area contributed by atoms with Gasteiger partial charge < -0.3 is 28.8 Å². The average Bonchev–Trinajstić information content (AvgIpc) is 3.19. The lowest BCUT2D eigenvalue weighted by molar-refractivity contribution is -0.261. The first-order valence-corrected chi connectivity index (χ1v) is 9.17. The molecule has 0 aromatic heterocycles. The van der Waals surface area contributed by atoms with Gasteiger partial charge in [-0.05, 0) is 36.1 Å². The minimum absolute atomic E-state index is 0.0517. The van der Waals surface area contributed by atoms with Gasteiger partial charge in [-0.3, -0.25) is 0 Å². The molecule has 3 aliphatic rings. The van der Waals surface area contributed by atoms with E-state index in [1.807, 2.05) is 25.1 Å². The van der Waals surface area contributed by atoms with Crippen LogP contribution in [0.5, 0.6) is 11.5 Å². The molecule has 2 aliphatic heterocycles. The fourth-order valence-electron chi connectivity index (χ4n) is 4.94. The minimum Gasteiger partial charge on any atom is -0.490 e. The van der Waals surface area contributed by atoms with Crippen molar-refractivity contribution < 1.29 is 33.6 Å². The summed E-state index contributed by atoms with van der Waals surface area (Å²) in [6.07, 6.45) is 2.69. The van der Waals surface area contributed by atoms with Gasteiger partial charge in [0.2, 0.25) is 18.3 Å². The maximum absolute atomic E-state index is 12.7. The Morgan fingerprint density at radius 3 is 2.75 bits per heavy atom. The topological polar surface area (TPSA) is 83.5 Å². The molecule has 2 bridgehead atoms. The minimum atomic E-state index is -1.58. The van der Waals surface area contributed by atoms with Crippen LogP contribution in [0.2, 0.25) is 0 Å². The normalized spacial score (nSPS) is 35.8. The lowest BCUT2D eigenvalue weighted by Gasteiger charge is -2.36. The van der Waals surface area contributed by atoms with Crippen LogP contribution < -0.4 is 9.47 Å². The molecular weight excluding hydrogens is 364 g/mol. The predicted octanol–water partition coefficient (Wildman–Crippen LogP) is 2.50. The van der Waals surface area contributed by atoms with Crippen molar-refractivity contribution in [2.24, 2.45) is 11.3 Å². The molecule has 2 heterocycles. The summed E-state index contributed by atoms with van der Waals surface area (Å²) in [4.78, 5) is 12.7. The van der Waals surface area contributed by atoms with E-state index in [0.29, 0.717) is 17.9 Å². The zero-order chi connectivity index (χ0) is 20.1. The van der Waals surface area contributed by atoms with Crippen LogP contribution in [0.4, 0.5) is 0 Å². The number of allylic oxidation sites excluding steroid dienone is 1. The zero-order valence-corrected chi connectivity index (χ0v) is 16.1. The van der Waals surface area contributed by atoms with Gasteiger partial charge in [-0.2, -0.15) is 0 Å². The molecule has 4 rings (SSSR count). The van der Waals surface area contributed by atoms with Crippen molar-refractivity contribution in [3.05, 3.63) is 48.3 Å². The third-order valence-corrected chi connectivity index (χ3v) is 6.32. The SMILES string of the molecule is C=CCC12C=C(OC)C(=O)OC(OC)(C1O)[C@H](c1ccc3c(c1)OCO3)[C@H]2C. The van der Waals surface area contributed by atoms with Crippen molar-refractivity contribution in [1.29, 1.82) is 0 Å². The highest BCUT2D eigenvalue weighted by molar-refractivity contribution is 5.87. The van der Waals surface area contributed by atoms with Gasteiger partial charge in [-0.1, -0.05) is 19.1 Å². The highest BCUT2D eigenvalue weighted by atomic mass is 16.7. The molecule has 150 valence electrons. The number of aliphatic hydroxyl groups is 1. The number of carbonyl (C=O) groups is 1. The summed E-state index contributed by atoms with van der Waals surface area (Å²) in [7, 11) is 2.84. The monoisotopic (exact) mass is 388 g/mol. The molecule has 0 spiro atoms. The number of fused-ring (bicyclic) bond motifs is 3. The van der Waals surface area contributed by atoms with Gasteiger partial charge in [0.05, 0.1) is 13.0 Å². The number of esters is 1. The van der Waals surface area contributed by atoms with Crippen LogP contribution >= 0.6 is 0 Å². The van der Waals surface area contributed by atoms with Gasteiger partial charge in [0, 0.05) is 12.5 Å². The van der Waals surface area contributed by atoms with E-state index in [0.717, 1.165) is 5.56 Å². The van der Waals surface area contributed by atoms with Crippen LogP contribution in [0.3, 0.4) is 0 Å². The number of ether oxygens (including phenoxy) is 5. The summed E-state index contributed by atoms with van der Waals surface area (Å²) in [6, 6.07) is 5.55. The molecule has 0 radical (unpaired) electrons. The molecule has 3 unspecified atom stereocenters. The van der Waals surface area contributed by atoms with E-state index < -0.39 is 29.2 Å². The number of aliphatic hydroxyl groups excluding tert-OH is 1. The van der Waals surface area contributed by atoms with Gasteiger partial charge in [0.25, 0.3) is 0 Å². The Morgan fingerprint density at radius 1 is 1.32 bits per heavy atom. The van der Waals surface area contributed by atoms with Crippen molar-refractivity contribution in [2.45, 2.75) is 31.2 Å². The Balaban J connectivity index is 1.92. The van der Waals surface area contributed by atoms with E-state index >= 15 is 0 Å². The number of rotatable bonds is 5. The average molecular weight is 388 g/mol. The molecule has 5 atom stereocenters. The molecule has 1 fully saturated rings. The van der Waals surface area contributed by atoms with Gasteiger partial charge >= 0.3 is 5.97 Å². The van der Waals surface area contributed by atoms with Gasteiger partial charge in [-0.25, -0.2) is 4.79 Å². The van der Waals surface area contributed by atoms with Crippen LogP contribution in [0, 0.1) is 11.3 Å². The summed E-state index contributed by atoms with van der Waals surface area (Å²) in [6.45, 7) is 6.01. The van der Waals surface area contributed by atoms with Crippen molar-refractivity contribution in [2.75, 3.05) is 21.0 Å². The summed E-state index contributed by atoms with van der Waals surface area (Å²) in [5.41, 5.74) is -0.0262. The molecule has 7 heteroatoms. The fourth-order valence-corrected chi connectivity index (χ4v) is 4.94. The van der Waals surface area contributed by atoms with Crippen molar-refractivity contribution in [3.63, 3.8) is 0 Å². The number of methoxy groups -OCH3 is 2. The number of carbonyl (C=O) groups excluding carboxylic acids is 1. The van der Waals surface area contributed by atoms with Crippen molar-refractivity contribution in [1.82, 2.24) is 0 Å².